The van der Waals surface area contributed by atoms with E-state index < -0.39 is 0 Å². The topological polar surface area (TPSA) is 12.0 Å². The summed E-state index contributed by atoms with van der Waals surface area (Å²) in [6.07, 6.45) is 6.54. The van der Waals surface area contributed by atoms with Crippen LogP contribution in [-0.4, -0.2) is 12.6 Å². The molecule has 1 rings (SSSR count). The van der Waals surface area contributed by atoms with Gasteiger partial charge in [-0.05, 0) is 26.8 Å². The van der Waals surface area contributed by atoms with Crippen LogP contribution in [0.3, 0.4) is 0 Å². The lowest BCUT2D eigenvalue weighted by Crippen LogP contribution is -2.45. The Hall–Kier alpha value is -0.560. The number of hydrogen-bond acceptors (Lipinski definition) is 1. The molecule has 1 aliphatic carbocycles. The van der Waals surface area contributed by atoms with Gasteiger partial charge in [0.15, 0.2) is 0 Å². The van der Waals surface area contributed by atoms with E-state index in [4.69, 9.17) is 0 Å². The van der Waals surface area contributed by atoms with Crippen molar-refractivity contribution in [3.8, 4) is 0 Å². The van der Waals surface area contributed by atoms with E-state index >= 15 is 0 Å². The quantitative estimate of drug-likeness (QED) is 0.605. The van der Waals surface area contributed by atoms with Crippen molar-refractivity contribution in [1.29, 1.82) is 0 Å². The molecule has 1 aliphatic rings. The Bertz CT molecular complexity index is 203. The van der Waals surface area contributed by atoms with Crippen molar-refractivity contribution in [2.45, 2.75) is 26.3 Å². The highest BCUT2D eigenvalue weighted by Crippen LogP contribution is 2.28. The minimum absolute atomic E-state index is 0.152. The first kappa shape index (κ1) is 8.54. The maximum Gasteiger partial charge on any atom is 0.0399 e. The molecule has 0 amide bonds. The molecule has 0 saturated heterocycles. The summed E-state index contributed by atoms with van der Waals surface area (Å²) in [5.74, 6) is 0.595. The molecule has 2 unspecified atom stereocenters. The van der Waals surface area contributed by atoms with E-state index in [9.17, 15) is 0 Å². The van der Waals surface area contributed by atoms with Crippen LogP contribution in [0.5, 0.6) is 0 Å². The molecule has 0 aliphatic heterocycles. The number of nitrogens with one attached hydrogen (secondary N) is 1. The van der Waals surface area contributed by atoms with Crippen LogP contribution in [-0.2, 0) is 0 Å². The third-order valence-corrected chi connectivity index (χ3v) is 2.92. The second-order valence-corrected chi connectivity index (χ2v) is 3.52. The molecule has 2 atom stereocenters. The molecule has 0 bridgehead atoms. The van der Waals surface area contributed by atoms with Gasteiger partial charge in [-0.15, -0.1) is 0 Å². The summed E-state index contributed by atoms with van der Waals surface area (Å²) in [5, 5.41) is 3.33. The Morgan fingerprint density at radius 2 is 2.18 bits per heavy atom. The van der Waals surface area contributed by atoms with Crippen LogP contribution in [0.4, 0.5) is 0 Å². The highest BCUT2D eigenvalue weighted by Gasteiger charge is 2.28. The zero-order chi connectivity index (χ0) is 8.48. The standard InChI is InChI=1S/C10H17N/c1-8-6-5-7-10(3,11-4)9(8)2/h5-7,9,11H,1-4H3. The monoisotopic (exact) mass is 151 g/mol. The van der Waals surface area contributed by atoms with E-state index in [1.54, 1.807) is 0 Å². The summed E-state index contributed by atoms with van der Waals surface area (Å²) >= 11 is 0. The molecule has 0 radical (unpaired) electrons. The van der Waals surface area contributed by atoms with Crippen molar-refractivity contribution >= 4 is 0 Å². The third-order valence-electron chi connectivity index (χ3n) is 2.92. The van der Waals surface area contributed by atoms with E-state index in [1.807, 2.05) is 7.05 Å². The summed E-state index contributed by atoms with van der Waals surface area (Å²) in [6.45, 7) is 6.67. The first-order chi connectivity index (χ1) is 5.10. The third kappa shape index (κ3) is 1.38. The highest BCUT2D eigenvalue weighted by molar-refractivity contribution is 5.27. The van der Waals surface area contributed by atoms with Crippen molar-refractivity contribution in [3.63, 3.8) is 0 Å². The fraction of sp³-hybridized carbons (Fsp3) is 0.600. The van der Waals surface area contributed by atoms with Crippen molar-refractivity contribution in [2.75, 3.05) is 7.05 Å². The van der Waals surface area contributed by atoms with Gasteiger partial charge in [0.25, 0.3) is 0 Å². The molecule has 0 aromatic carbocycles. The van der Waals surface area contributed by atoms with Crippen LogP contribution in [0.2, 0.25) is 0 Å². The lowest BCUT2D eigenvalue weighted by atomic mass is 9.79. The Balaban J connectivity index is 2.88. The average Bonchev–Trinajstić information content (AvgIpc) is 2.00. The van der Waals surface area contributed by atoms with Crippen LogP contribution in [0, 0.1) is 5.92 Å². The van der Waals surface area contributed by atoms with Crippen LogP contribution >= 0.6 is 0 Å². The smallest absolute Gasteiger partial charge is 0.0399 e. The molecule has 1 N–H and O–H groups in total. The Kier molecular flexibility index (Phi) is 2.19. The van der Waals surface area contributed by atoms with E-state index in [2.05, 4.69) is 44.3 Å². The SMILES string of the molecule is CNC1(C)C=CC=C(C)C1C. The van der Waals surface area contributed by atoms with Gasteiger partial charge in [0.1, 0.15) is 0 Å². The molecule has 0 aromatic rings. The molecule has 0 saturated carbocycles. The van der Waals surface area contributed by atoms with Crippen molar-refractivity contribution in [1.82, 2.24) is 5.32 Å². The number of likely N-dealkylation sites (N-methyl/N-ethyl adjacent to an activating group) is 1. The Morgan fingerprint density at radius 1 is 1.55 bits per heavy atom. The normalized spacial score (nSPS) is 37.1. The molecule has 1 heteroatoms. The Morgan fingerprint density at radius 3 is 2.64 bits per heavy atom. The predicted octanol–water partition coefficient (Wildman–Crippen LogP) is 2.12. The van der Waals surface area contributed by atoms with Gasteiger partial charge in [-0.3, -0.25) is 0 Å². The zero-order valence-corrected chi connectivity index (χ0v) is 7.81. The largest absolute Gasteiger partial charge is 0.311 e. The summed E-state index contributed by atoms with van der Waals surface area (Å²) in [6, 6.07) is 0. The lowest BCUT2D eigenvalue weighted by molar-refractivity contribution is 0.365. The summed E-state index contributed by atoms with van der Waals surface area (Å²) in [5.41, 5.74) is 1.60. The maximum atomic E-state index is 3.33. The first-order valence-corrected chi connectivity index (χ1v) is 4.15. The van der Waals surface area contributed by atoms with Crippen LogP contribution in [0.1, 0.15) is 20.8 Å². The summed E-state index contributed by atoms with van der Waals surface area (Å²) in [7, 11) is 2.01. The Labute approximate surface area is 69.2 Å². The second kappa shape index (κ2) is 2.82. The molecule has 0 aromatic heterocycles. The fourth-order valence-electron chi connectivity index (χ4n) is 1.46. The van der Waals surface area contributed by atoms with Gasteiger partial charge in [0, 0.05) is 5.54 Å². The van der Waals surface area contributed by atoms with E-state index in [0.717, 1.165) is 0 Å². The van der Waals surface area contributed by atoms with Crippen LogP contribution in [0.15, 0.2) is 23.8 Å². The van der Waals surface area contributed by atoms with Crippen molar-refractivity contribution in [3.05, 3.63) is 23.8 Å². The van der Waals surface area contributed by atoms with Gasteiger partial charge in [-0.2, -0.15) is 0 Å². The minimum Gasteiger partial charge on any atom is -0.311 e. The summed E-state index contributed by atoms with van der Waals surface area (Å²) in [4.78, 5) is 0. The molecular formula is C10H17N. The molecule has 1 nitrogen and oxygen atoms in total. The zero-order valence-electron chi connectivity index (χ0n) is 7.81. The van der Waals surface area contributed by atoms with E-state index in [-0.39, 0.29) is 5.54 Å². The highest BCUT2D eigenvalue weighted by atomic mass is 14.9. The van der Waals surface area contributed by atoms with E-state index in [1.165, 1.54) is 5.57 Å². The van der Waals surface area contributed by atoms with Gasteiger partial charge in [-0.1, -0.05) is 30.7 Å². The van der Waals surface area contributed by atoms with E-state index in [0.29, 0.717) is 5.92 Å². The van der Waals surface area contributed by atoms with Crippen LogP contribution < -0.4 is 5.32 Å². The van der Waals surface area contributed by atoms with Gasteiger partial charge >= 0.3 is 0 Å². The van der Waals surface area contributed by atoms with Gasteiger partial charge in [0.2, 0.25) is 0 Å². The van der Waals surface area contributed by atoms with Gasteiger partial charge in [0.05, 0.1) is 0 Å². The number of rotatable bonds is 1. The predicted molar refractivity (Wildman–Crippen MR) is 49.5 cm³/mol. The van der Waals surface area contributed by atoms with Crippen molar-refractivity contribution in [2.24, 2.45) is 5.92 Å². The fourth-order valence-corrected chi connectivity index (χ4v) is 1.46. The molecule has 0 spiro atoms. The van der Waals surface area contributed by atoms with Gasteiger partial charge in [-0.25, -0.2) is 0 Å². The van der Waals surface area contributed by atoms with Gasteiger partial charge < -0.3 is 5.32 Å². The molecule has 0 fully saturated rings. The summed E-state index contributed by atoms with van der Waals surface area (Å²) < 4.78 is 0. The second-order valence-electron chi connectivity index (χ2n) is 3.52. The number of hydrogen-bond donors (Lipinski definition) is 1. The maximum absolute atomic E-state index is 3.33. The van der Waals surface area contributed by atoms with Crippen LogP contribution in [0.25, 0.3) is 0 Å². The average molecular weight is 151 g/mol. The molecule has 0 heterocycles. The van der Waals surface area contributed by atoms with Crippen molar-refractivity contribution < 1.29 is 0 Å². The minimum atomic E-state index is 0.152. The molecule has 62 valence electrons. The molecular weight excluding hydrogens is 134 g/mol. The lowest BCUT2D eigenvalue weighted by Gasteiger charge is -2.35. The molecule has 11 heavy (non-hydrogen) atoms. The number of allylic oxidation sites excluding steroid dienone is 2. The first-order valence-electron chi connectivity index (χ1n) is 4.15.